The lowest BCUT2D eigenvalue weighted by atomic mass is 10.2. The second kappa shape index (κ2) is 13.3. The van der Waals surface area contributed by atoms with Crippen LogP contribution in [0, 0.1) is 0 Å². The molecule has 0 aromatic rings. The summed E-state index contributed by atoms with van der Waals surface area (Å²) in [5, 5.41) is 31.7. The molecule has 108 valence electrons. The molecule has 2 atom stereocenters. The van der Waals surface area contributed by atoms with Crippen molar-refractivity contribution in [1.82, 2.24) is 0 Å². The predicted octanol–water partition coefficient (Wildman–Crippen LogP) is -3.16. The molecule has 10 heteroatoms. The van der Waals surface area contributed by atoms with Crippen LogP contribution in [0.25, 0.3) is 0 Å². The lowest BCUT2D eigenvalue weighted by molar-refractivity contribution is -0.141. The quantitative estimate of drug-likeness (QED) is 0.272. The van der Waals surface area contributed by atoms with Gasteiger partial charge in [0, 0.05) is 0 Å². The van der Waals surface area contributed by atoms with Crippen LogP contribution in [0.2, 0.25) is 0 Å². The molecule has 0 aliphatic carbocycles. The van der Waals surface area contributed by atoms with Gasteiger partial charge in [-0.15, -0.1) is 0 Å². The first-order chi connectivity index (χ1) is 8.09. The Morgan fingerprint density at radius 2 is 1.22 bits per heavy atom. The minimum atomic E-state index is -1.18. The molecule has 0 bridgehead atoms. The number of hydrogen-bond acceptors (Lipinski definition) is 7. The Hall–Kier alpha value is -1.75. The van der Waals surface area contributed by atoms with Crippen LogP contribution in [0.1, 0.15) is 6.92 Å². The summed E-state index contributed by atoms with van der Waals surface area (Å²) >= 11 is 0. The smallest absolute Gasteiger partial charge is 0.323 e. The molecule has 0 fully saturated rings. The van der Waals surface area contributed by atoms with Gasteiger partial charge in [0.15, 0.2) is 0 Å². The Labute approximate surface area is 103 Å². The molecular formula is C8H19N3O7. The maximum absolute atomic E-state index is 9.86. The number of carboxylic acids is 3. The summed E-state index contributed by atoms with van der Waals surface area (Å²) in [6.07, 6.45) is -0.979. The highest BCUT2D eigenvalue weighted by atomic mass is 16.4. The van der Waals surface area contributed by atoms with Crippen molar-refractivity contribution < 1.29 is 34.8 Å². The summed E-state index contributed by atoms with van der Waals surface area (Å²) in [5.41, 5.74) is 14.1. The van der Waals surface area contributed by atoms with E-state index >= 15 is 0 Å². The number of carboxylic acid groups (broad SMARTS) is 3. The first-order valence-corrected chi connectivity index (χ1v) is 4.60. The average Bonchev–Trinajstić information content (AvgIpc) is 2.29. The molecule has 0 rings (SSSR count). The zero-order valence-corrected chi connectivity index (χ0v) is 9.81. The van der Waals surface area contributed by atoms with Crippen LogP contribution < -0.4 is 17.2 Å². The van der Waals surface area contributed by atoms with Crippen molar-refractivity contribution in [1.29, 1.82) is 0 Å². The summed E-state index contributed by atoms with van der Waals surface area (Å²) in [6, 6.07) is -1.16. The van der Waals surface area contributed by atoms with Crippen LogP contribution in [0.3, 0.4) is 0 Å². The largest absolute Gasteiger partial charge is 0.480 e. The van der Waals surface area contributed by atoms with E-state index in [0.29, 0.717) is 0 Å². The summed E-state index contributed by atoms with van der Waals surface area (Å²) in [4.78, 5) is 28.3. The molecule has 2 unspecified atom stereocenters. The minimum absolute atomic E-state index is 0.278. The molecule has 0 aromatic heterocycles. The van der Waals surface area contributed by atoms with Gasteiger partial charge in [0.1, 0.15) is 6.04 Å². The van der Waals surface area contributed by atoms with Gasteiger partial charge in [-0.25, -0.2) is 0 Å². The molecule has 0 saturated carbocycles. The molecule has 10 nitrogen and oxygen atoms in total. The fourth-order valence-corrected chi connectivity index (χ4v) is 0.206. The molecule has 0 radical (unpaired) electrons. The fourth-order valence-electron chi connectivity index (χ4n) is 0.206. The summed E-state index contributed by atoms with van der Waals surface area (Å²) in [7, 11) is 0. The molecule has 0 aliphatic heterocycles. The zero-order chi connectivity index (χ0) is 15.3. The Morgan fingerprint density at radius 1 is 1.00 bits per heavy atom. The van der Waals surface area contributed by atoms with Crippen LogP contribution in [0.4, 0.5) is 0 Å². The van der Waals surface area contributed by atoms with Crippen molar-refractivity contribution in [3.63, 3.8) is 0 Å². The van der Waals surface area contributed by atoms with Crippen molar-refractivity contribution >= 4 is 17.9 Å². The SMILES string of the molecule is CC(O)C(N)C(=O)O.NCC(=O)O.NCC(=O)O. The molecular weight excluding hydrogens is 250 g/mol. The van der Waals surface area contributed by atoms with Gasteiger partial charge in [-0.2, -0.15) is 0 Å². The third-order valence-corrected chi connectivity index (χ3v) is 1.15. The van der Waals surface area contributed by atoms with Gasteiger partial charge in [-0.1, -0.05) is 0 Å². The predicted molar refractivity (Wildman–Crippen MR) is 60.7 cm³/mol. The number of aliphatic hydroxyl groups excluding tert-OH is 1. The van der Waals surface area contributed by atoms with Crippen LogP contribution in [0.5, 0.6) is 0 Å². The van der Waals surface area contributed by atoms with Crippen molar-refractivity contribution in [2.45, 2.75) is 19.1 Å². The lowest BCUT2D eigenvalue weighted by Crippen LogP contribution is -2.39. The summed E-state index contributed by atoms with van der Waals surface area (Å²) in [5.74, 6) is -3.12. The lowest BCUT2D eigenvalue weighted by Gasteiger charge is -2.06. The second-order valence-electron chi connectivity index (χ2n) is 2.80. The number of hydrogen-bond donors (Lipinski definition) is 7. The van der Waals surface area contributed by atoms with Gasteiger partial charge in [-0.05, 0) is 6.92 Å². The van der Waals surface area contributed by atoms with E-state index in [0.717, 1.165) is 0 Å². The number of rotatable bonds is 4. The summed E-state index contributed by atoms with van der Waals surface area (Å²) < 4.78 is 0. The monoisotopic (exact) mass is 269 g/mol. The van der Waals surface area contributed by atoms with Crippen molar-refractivity contribution in [2.75, 3.05) is 13.1 Å². The van der Waals surface area contributed by atoms with E-state index < -0.39 is 30.1 Å². The Morgan fingerprint density at radius 3 is 1.22 bits per heavy atom. The molecule has 18 heavy (non-hydrogen) atoms. The molecule has 0 amide bonds. The van der Waals surface area contributed by atoms with Gasteiger partial charge in [0.25, 0.3) is 0 Å². The van der Waals surface area contributed by atoms with Crippen LogP contribution in [-0.2, 0) is 14.4 Å². The number of nitrogens with two attached hydrogens (primary N) is 3. The van der Waals surface area contributed by atoms with Crippen molar-refractivity contribution in [2.24, 2.45) is 17.2 Å². The standard InChI is InChI=1S/C4H9NO3.2C2H5NO2/c1-2(6)3(5)4(7)8;2*3-1-2(4)5/h2-3,6H,5H2,1H3,(H,7,8);2*1,3H2,(H,4,5). The van der Waals surface area contributed by atoms with E-state index in [9.17, 15) is 14.4 Å². The topological polar surface area (TPSA) is 210 Å². The van der Waals surface area contributed by atoms with E-state index in [1.807, 2.05) is 0 Å². The fraction of sp³-hybridized carbons (Fsp3) is 0.625. The van der Waals surface area contributed by atoms with E-state index in [-0.39, 0.29) is 13.1 Å². The van der Waals surface area contributed by atoms with Gasteiger partial charge < -0.3 is 37.6 Å². The van der Waals surface area contributed by atoms with Crippen LogP contribution >= 0.6 is 0 Å². The highest BCUT2D eigenvalue weighted by Gasteiger charge is 2.16. The van der Waals surface area contributed by atoms with E-state index in [4.69, 9.17) is 26.2 Å². The Bertz CT molecular complexity index is 243. The third kappa shape index (κ3) is 23.8. The number of aliphatic carboxylic acids is 3. The van der Waals surface area contributed by atoms with Gasteiger partial charge in [0.2, 0.25) is 0 Å². The number of aliphatic hydroxyl groups is 1. The minimum Gasteiger partial charge on any atom is -0.480 e. The molecule has 0 aliphatic rings. The van der Waals surface area contributed by atoms with Crippen molar-refractivity contribution in [3.05, 3.63) is 0 Å². The van der Waals surface area contributed by atoms with E-state index in [1.54, 1.807) is 0 Å². The van der Waals surface area contributed by atoms with Gasteiger partial charge >= 0.3 is 17.9 Å². The van der Waals surface area contributed by atoms with Gasteiger partial charge in [-0.3, -0.25) is 14.4 Å². The number of carbonyl (C=O) groups is 3. The molecule has 0 heterocycles. The third-order valence-electron chi connectivity index (χ3n) is 1.15. The molecule has 0 aromatic carbocycles. The normalized spacial score (nSPS) is 11.8. The maximum atomic E-state index is 9.86. The first-order valence-electron chi connectivity index (χ1n) is 4.60. The maximum Gasteiger partial charge on any atom is 0.323 e. The van der Waals surface area contributed by atoms with Crippen LogP contribution in [0.15, 0.2) is 0 Å². The van der Waals surface area contributed by atoms with E-state index in [1.165, 1.54) is 6.92 Å². The highest BCUT2D eigenvalue weighted by molar-refractivity contribution is 5.73. The van der Waals surface area contributed by atoms with Crippen LogP contribution in [-0.4, -0.2) is 63.6 Å². The van der Waals surface area contributed by atoms with Crippen molar-refractivity contribution in [3.8, 4) is 0 Å². The second-order valence-corrected chi connectivity index (χ2v) is 2.80. The highest BCUT2D eigenvalue weighted by Crippen LogP contribution is 1.85. The molecule has 10 N–H and O–H groups in total. The molecule has 0 spiro atoms. The zero-order valence-electron chi connectivity index (χ0n) is 9.81. The first kappa shape index (κ1) is 21.5. The van der Waals surface area contributed by atoms with Gasteiger partial charge in [0.05, 0.1) is 19.2 Å². The Balaban J connectivity index is -0.000000197. The molecule has 0 saturated heterocycles. The summed E-state index contributed by atoms with van der Waals surface area (Å²) in [6.45, 7) is 0.777. The van der Waals surface area contributed by atoms with E-state index in [2.05, 4.69) is 11.5 Å². The average molecular weight is 269 g/mol. The Kier molecular flexibility index (Phi) is 15.9.